The van der Waals surface area contributed by atoms with Crippen LogP contribution in [0.15, 0.2) is 5.11 Å². The number of hydrogen-bond donors (Lipinski definition) is 1. The molecule has 118 valence electrons. The normalized spacial score (nSPS) is 15.7. The van der Waals surface area contributed by atoms with Crippen molar-refractivity contribution in [2.24, 2.45) is 5.11 Å². The molecule has 1 heterocycles. The van der Waals surface area contributed by atoms with Crippen molar-refractivity contribution >= 4 is 5.97 Å². The number of ether oxygens (including phenoxy) is 1. The molecule has 0 atom stereocenters. The lowest BCUT2D eigenvalue weighted by atomic mass is 9.75. The minimum atomic E-state index is -0.360. The van der Waals surface area contributed by atoms with Crippen LogP contribution in [0.1, 0.15) is 48.9 Å². The molecule has 0 fully saturated rings. The number of esters is 1. The quantitative estimate of drug-likeness (QED) is 0.228. The van der Waals surface area contributed by atoms with E-state index in [4.69, 9.17) is 10.3 Å². The van der Waals surface area contributed by atoms with Crippen LogP contribution >= 0.6 is 0 Å². The van der Waals surface area contributed by atoms with Crippen LogP contribution in [-0.2, 0) is 16.6 Å². The van der Waals surface area contributed by atoms with Gasteiger partial charge in [0.05, 0.1) is 6.42 Å². The SMILES string of the molecule is Cc1c(CCCN=[N+]=[N-])c(O)c(C)c2c1OC(=O)CC2(C)C. The standard InChI is InChI=1S/C16H21N3O3/c1-9-11(6-5-7-18-19-17)14(21)10(2)13-15(9)22-12(20)8-16(13,3)4/h21H,5-8H2,1-4H3. The summed E-state index contributed by atoms with van der Waals surface area (Å²) in [5.41, 5.74) is 11.2. The minimum Gasteiger partial charge on any atom is -0.507 e. The van der Waals surface area contributed by atoms with E-state index < -0.39 is 0 Å². The molecule has 0 saturated carbocycles. The molecule has 0 aromatic heterocycles. The first kappa shape index (κ1) is 16.2. The fourth-order valence-electron chi connectivity index (χ4n) is 3.24. The highest BCUT2D eigenvalue weighted by molar-refractivity contribution is 5.80. The number of fused-ring (bicyclic) bond motifs is 1. The molecule has 1 aliphatic rings. The van der Waals surface area contributed by atoms with E-state index in [-0.39, 0.29) is 17.1 Å². The average Bonchev–Trinajstić information content (AvgIpc) is 2.42. The fraction of sp³-hybridized carbons (Fsp3) is 0.562. The molecule has 0 saturated heterocycles. The van der Waals surface area contributed by atoms with Crippen LogP contribution in [-0.4, -0.2) is 17.6 Å². The van der Waals surface area contributed by atoms with Crippen molar-refractivity contribution in [2.75, 3.05) is 6.54 Å². The Morgan fingerprint density at radius 3 is 2.68 bits per heavy atom. The Balaban J connectivity index is 2.51. The van der Waals surface area contributed by atoms with E-state index in [1.807, 2.05) is 27.7 Å². The van der Waals surface area contributed by atoms with Gasteiger partial charge in [-0.3, -0.25) is 4.79 Å². The molecule has 6 heteroatoms. The largest absolute Gasteiger partial charge is 0.507 e. The number of nitrogens with zero attached hydrogens (tertiary/aromatic N) is 3. The van der Waals surface area contributed by atoms with Crippen molar-refractivity contribution < 1.29 is 14.6 Å². The monoisotopic (exact) mass is 303 g/mol. The van der Waals surface area contributed by atoms with Gasteiger partial charge in [0.1, 0.15) is 11.5 Å². The Morgan fingerprint density at radius 1 is 1.36 bits per heavy atom. The van der Waals surface area contributed by atoms with Crippen LogP contribution in [0.2, 0.25) is 0 Å². The van der Waals surface area contributed by atoms with Crippen LogP contribution in [0.3, 0.4) is 0 Å². The number of carbonyl (C=O) groups is 1. The Kier molecular flexibility index (Phi) is 4.33. The molecule has 0 amide bonds. The summed E-state index contributed by atoms with van der Waals surface area (Å²) in [6, 6.07) is 0. The second-order valence-corrected chi connectivity index (χ2v) is 6.37. The Morgan fingerprint density at radius 2 is 2.05 bits per heavy atom. The molecule has 6 nitrogen and oxygen atoms in total. The lowest BCUT2D eigenvalue weighted by Gasteiger charge is -2.34. The van der Waals surface area contributed by atoms with Crippen molar-refractivity contribution in [3.8, 4) is 11.5 Å². The van der Waals surface area contributed by atoms with Crippen molar-refractivity contribution in [1.82, 2.24) is 0 Å². The molecule has 1 aromatic rings. The Bertz CT molecular complexity index is 674. The van der Waals surface area contributed by atoms with Gasteiger partial charge >= 0.3 is 5.97 Å². The molecule has 0 aliphatic carbocycles. The maximum Gasteiger partial charge on any atom is 0.312 e. The topological polar surface area (TPSA) is 95.3 Å². The summed E-state index contributed by atoms with van der Waals surface area (Å²) in [7, 11) is 0. The molecular weight excluding hydrogens is 282 g/mol. The smallest absolute Gasteiger partial charge is 0.312 e. The van der Waals surface area contributed by atoms with Crippen LogP contribution in [0.4, 0.5) is 0 Å². The number of hydrogen-bond acceptors (Lipinski definition) is 4. The summed E-state index contributed by atoms with van der Waals surface area (Å²) in [5.74, 6) is 0.587. The number of phenolic OH excluding ortho intramolecular Hbond substituents is 1. The van der Waals surface area contributed by atoms with E-state index in [9.17, 15) is 9.90 Å². The maximum absolute atomic E-state index is 11.9. The summed E-state index contributed by atoms with van der Waals surface area (Å²) in [5, 5.41) is 14.0. The van der Waals surface area contributed by atoms with Crippen molar-refractivity contribution in [1.29, 1.82) is 0 Å². The first-order chi connectivity index (χ1) is 10.3. The molecule has 2 rings (SSSR count). The number of carbonyl (C=O) groups excluding carboxylic acids is 1. The van der Waals surface area contributed by atoms with Gasteiger partial charge in [0.15, 0.2) is 0 Å². The summed E-state index contributed by atoms with van der Waals surface area (Å²) < 4.78 is 5.47. The second-order valence-electron chi connectivity index (χ2n) is 6.37. The third kappa shape index (κ3) is 2.74. The molecule has 0 bridgehead atoms. The molecule has 1 aromatic carbocycles. The summed E-state index contributed by atoms with van der Waals surface area (Å²) in [4.78, 5) is 14.6. The average molecular weight is 303 g/mol. The zero-order valence-corrected chi connectivity index (χ0v) is 13.4. The lowest BCUT2D eigenvalue weighted by molar-refractivity contribution is -0.137. The number of rotatable bonds is 4. The van der Waals surface area contributed by atoms with Gasteiger partial charge in [0, 0.05) is 28.0 Å². The zero-order valence-electron chi connectivity index (χ0n) is 13.4. The van der Waals surface area contributed by atoms with E-state index in [0.29, 0.717) is 31.6 Å². The number of phenols is 1. The van der Waals surface area contributed by atoms with E-state index in [1.54, 1.807) is 0 Å². The van der Waals surface area contributed by atoms with Crippen molar-refractivity contribution in [3.05, 3.63) is 32.7 Å². The van der Waals surface area contributed by atoms with Gasteiger partial charge in [0.2, 0.25) is 0 Å². The maximum atomic E-state index is 11.9. The predicted molar refractivity (Wildman–Crippen MR) is 83.2 cm³/mol. The van der Waals surface area contributed by atoms with Crippen LogP contribution in [0.25, 0.3) is 10.4 Å². The van der Waals surface area contributed by atoms with Crippen LogP contribution < -0.4 is 4.74 Å². The van der Waals surface area contributed by atoms with Crippen molar-refractivity contribution in [2.45, 2.75) is 52.4 Å². The van der Waals surface area contributed by atoms with Gasteiger partial charge in [-0.2, -0.15) is 0 Å². The van der Waals surface area contributed by atoms with Gasteiger partial charge < -0.3 is 9.84 Å². The van der Waals surface area contributed by atoms with Gasteiger partial charge in [-0.05, 0) is 43.3 Å². The highest BCUT2D eigenvalue weighted by atomic mass is 16.5. The van der Waals surface area contributed by atoms with E-state index in [2.05, 4.69) is 10.0 Å². The molecule has 1 N–H and O–H groups in total. The number of aromatic hydroxyl groups is 1. The second kappa shape index (κ2) is 5.89. The van der Waals surface area contributed by atoms with Crippen LogP contribution in [0.5, 0.6) is 11.5 Å². The molecule has 0 unspecified atom stereocenters. The first-order valence-corrected chi connectivity index (χ1v) is 7.36. The van der Waals surface area contributed by atoms with Crippen LogP contribution in [0, 0.1) is 13.8 Å². The highest BCUT2D eigenvalue weighted by Crippen LogP contribution is 2.47. The molecule has 22 heavy (non-hydrogen) atoms. The first-order valence-electron chi connectivity index (χ1n) is 7.36. The summed E-state index contributed by atoms with van der Waals surface area (Å²) in [6.07, 6.45) is 1.51. The van der Waals surface area contributed by atoms with E-state index in [1.165, 1.54) is 0 Å². The Labute approximate surface area is 129 Å². The fourth-order valence-corrected chi connectivity index (χ4v) is 3.24. The summed E-state index contributed by atoms with van der Waals surface area (Å²) >= 11 is 0. The predicted octanol–water partition coefficient (Wildman–Crippen LogP) is 3.84. The minimum absolute atomic E-state index is 0.245. The molecule has 1 aliphatic heterocycles. The Hall–Kier alpha value is -2.20. The number of azide groups is 1. The number of benzene rings is 1. The van der Waals surface area contributed by atoms with E-state index >= 15 is 0 Å². The van der Waals surface area contributed by atoms with Gasteiger partial charge in [-0.25, -0.2) is 0 Å². The third-order valence-corrected chi connectivity index (χ3v) is 4.26. The molecule has 0 spiro atoms. The zero-order chi connectivity index (χ0) is 16.5. The highest BCUT2D eigenvalue weighted by Gasteiger charge is 2.38. The van der Waals surface area contributed by atoms with Gasteiger partial charge in [0.25, 0.3) is 0 Å². The van der Waals surface area contributed by atoms with E-state index in [0.717, 1.165) is 22.3 Å². The molecule has 0 radical (unpaired) electrons. The van der Waals surface area contributed by atoms with Gasteiger partial charge in [-0.15, -0.1) is 0 Å². The molecular formula is C16H21N3O3. The third-order valence-electron chi connectivity index (χ3n) is 4.26. The van der Waals surface area contributed by atoms with Gasteiger partial charge in [-0.1, -0.05) is 19.0 Å². The lowest BCUT2D eigenvalue weighted by Crippen LogP contribution is -2.32. The summed E-state index contributed by atoms with van der Waals surface area (Å²) in [6.45, 7) is 8.05. The van der Waals surface area contributed by atoms with Crippen molar-refractivity contribution in [3.63, 3.8) is 0 Å².